The Kier molecular flexibility index (Phi) is 26.9. The Morgan fingerprint density at radius 3 is 0.830 bits per heavy atom. The van der Waals surface area contributed by atoms with Gasteiger partial charge in [0.25, 0.3) is 0 Å². The van der Waals surface area contributed by atoms with E-state index >= 15 is 0 Å². The van der Waals surface area contributed by atoms with Crippen LogP contribution in [0, 0.1) is 52.0 Å². The molecule has 0 atom stereocenters. The fourth-order valence-corrected chi connectivity index (χ4v) is 11.9. The number of rotatable bonds is 4. The molecule has 0 nitrogen and oxygen atoms in total. The van der Waals surface area contributed by atoms with Crippen molar-refractivity contribution in [3.05, 3.63) is 306 Å². The molecule has 0 aromatic heterocycles. The summed E-state index contributed by atoms with van der Waals surface area (Å²) in [6, 6.07) is 65.4. The van der Waals surface area contributed by atoms with Gasteiger partial charge in [0.1, 0.15) is 0 Å². The molecule has 0 unspecified atom stereocenters. The first-order chi connectivity index (χ1) is 40.4. The maximum atomic E-state index is 3.67. The van der Waals surface area contributed by atoms with E-state index in [0.29, 0.717) is 0 Å². The Bertz CT molecular complexity index is 3300. The second-order valence-electron chi connectivity index (χ2n) is 27.8. The van der Waals surface area contributed by atoms with Crippen molar-refractivity contribution in [3.8, 4) is 22.3 Å². The summed E-state index contributed by atoms with van der Waals surface area (Å²) in [7, 11) is 0. The molecule has 8 aromatic carbocycles. The van der Waals surface area contributed by atoms with Gasteiger partial charge < -0.3 is 24.8 Å². The second kappa shape index (κ2) is 32.2. The molecule has 0 saturated heterocycles. The molecule has 0 fully saturated rings. The van der Waals surface area contributed by atoms with Crippen LogP contribution < -0.4 is 24.8 Å². The minimum atomic E-state index is 0. The van der Waals surface area contributed by atoms with E-state index in [1.807, 2.05) is 0 Å². The van der Waals surface area contributed by atoms with Gasteiger partial charge in [-0.2, -0.15) is 59.7 Å². The van der Waals surface area contributed by atoms with Crippen molar-refractivity contribution in [1.29, 1.82) is 0 Å². The Morgan fingerprint density at radius 1 is 0.341 bits per heavy atom. The van der Waals surface area contributed by atoms with Gasteiger partial charge in [0, 0.05) is 0 Å². The van der Waals surface area contributed by atoms with Gasteiger partial charge in [-0.05, 0) is 56.8 Å². The Labute approximate surface area is 575 Å². The van der Waals surface area contributed by atoms with Crippen LogP contribution in [-0.4, -0.2) is 6.41 Å². The van der Waals surface area contributed by atoms with Crippen LogP contribution in [0.15, 0.2) is 193 Å². The zero-order valence-corrected chi connectivity index (χ0v) is 62.3. The number of aryl methyl sites for hydroxylation is 4. The number of hydrogen-bond donors (Lipinski definition) is 0. The van der Waals surface area contributed by atoms with Gasteiger partial charge in [-0.3, -0.25) is 12.2 Å². The molecule has 4 heteroatoms. The zero-order chi connectivity index (χ0) is 62.7. The third-order valence-electron chi connectivity index (χ3n) is 16.0. The van der Waals surface area contributed by atoms with E-state index in [4.69, 9.17) is 0 Å². The average molecular weight is 1360 g/mol. The molecule has 0 amide bonds. The monoisotopic (exact) mass is 1350 g/mol. The van der Waals surface area contributed by atoms with Crippen molar-refractivity contribution in [2.45, 2.75) is 172 Å². The van der Waals surface area contributed by atoms with Crippen LogP contribution in [0.25, 0.3) is 22.3 Å². The number of hydrogen-bond acceptors (Lipinski definition) is 0. The SMILES string of the molecule is CC(C)(C)c1[c-]c2c(cc1)-c1ccc(C(C)(C)C)cc1C2.CC(C)(C)c1[c-]c2c(cc1)-c1ccc(C(C)(C)C)cc1C2.CC1=[C-]CC=C1.CC1=[C-]CC=C1.Cc1ccc([C](=[Zr+2])c2ccc(C)cc2)cc1.Cc1ccc([C](=[Zr+2])c2ccc(C)cc2)cc1.[Cl-].[Cl-]. The van der Waals surface area contributed by atoms with Gasteiger partial charge in [-0.25, -0.2) is 23.3 Å². The van der Waals surface area contributed by atoms with Crippen molar-refractivity contribution in [1.82, 2.24) is 0 Å². The van der Waals surface area contributed by atoms with E-state index in [-0.39, 0.29) is 46.5 Å². The molecule has 0 radical (unpaired) electrons. The topological polar surface area (TPSA) is 0 Å². The van der Waals surface area contributed by atoms with Crippen molar-refractivity contribution in [2.75, 3.05) is 0 Å². The zero-order valence-electron chi connectivity index (χ0n) is 55.9. The largest absolute Gasteiger partial charge is 1.00 e. The molecule has 88 heavy (non-hydrogen) atoms. The molecule has 0 heterocycles. The summed E-state index contributed by atoms with van der Waals surface area (Å²) in [6.07, 6.45) is 18.7. The average Bonchev–Trinajstić information content (AvgIpc) is 2.41. The molecule has 8 aromatic rings. The molecule has 12 rings (SSSR count). The molecule has 0 bridgehead atoms. The van der Waals surface area contributed by atoms with Crippen LogP contribution in [-0.2, 0) is 83.0 Å². The predicted octanol–water partition coefficient (Wildman–Crippen LogP) is 15.5. The normalized spacial score (nSPS) is 12.9. The fourth-order valence-electron chi connectivity index (χ4n) is 10.3. The van der Waals surface area contributed by atoms with Crippen molar-refractivity contribution in [3.63, 3.8) is 0 Å². The third-order valence-corrected chi connectivity index (χ3v) is 18.9. The van der Waals surface area contributed by atoms with Gasteiger partial charge >= 0.3 is 224 Å². The summed E-state index contributed by atoms with van der Waals surface area (Å²) in [4.78, 5) is 0. The summed E-state index contributed by atoms with van der Waals surface area (Å²) in [5.74, 6) is 0. The van der Waals surface area contributed by atoms with Gasteiger partial charge in [-0.15, -0.1) is 35.1 Å². The first-order valence-corrected chi connectivity index (χ1v) is 33.2. The fraction of sp³-hybridized carbons (Fsp3) is 0.310. The van der Waals surface area contributed by atoms with Crippen LogP contribution in [0.4, 0.5) is 0 Å². The summed E-state index contributed by atoms with van der Waals surface area (Å²) in [6.45, 7) is 39.8. The summed E-state index contributed by atoms with van der Waals surface area (Å²) >= 11 is 2.93. The summed E-state index contributed by atoms with van der Waals surface area (Å²) in [5.41, 5.74) is 30.6. The molecule has 0 saturated carbocycles. The molecule has 0 aliphatic heterocycles. The Hall–Kier alpha value is -5.19. The number of allylic oxidation sites excluding steroid dienone is 8. The van der Waals surface area contributed by atoms with E-state index in [1.54, 1.807) is 0 Å². The first kappa shape index (κ1) is 73.5. The molecular weight excluding hydrogens is 1260 g/mol. The minimum Gasteiger partial charge on any atom is -1.00 e. The van der Waals surface area contributed by atoms with E-state index in [2.05, 4.69) is 331 Å². The molecule has 4 aliphatic rings. The van der Waals surface area contributed by atoms with Crippen molar-refractivity contribution >= 4 is 6.41 Å². The molecule has 4 aliphatic carbocycles. The Morgan fingerprint density at radius 2 is 0.614 bits per heavy atom. The van der Waals surface area contributed by atoms with Gasteiger partial charge in [-0.1, -0.05) is 144 Å². The third kappa shape index (κ3) is 20.9. The molecule has 0 spiro atoms. The maximum absolute atomic E-state index is 3.67. The van der Waals surface area contributed by atoms with E-state index in [1.165, 1.54) is 177 Å². The summed E-state index contributed by atoms with van der Waals surface area (Å²) in [5, 5.41) is 0. The van der Waals surface area contributed by atoms with Crippen LogP contribution in [0.3, 0.4) is 0 Å². The smallest absolute Gasteiger partial charge is 1.00 e. The number of benzene rings is 8. The van der Waals surface area contributed by atoms with Crippen LogP contribution in [0.1, 0.15) is 199 Å². The summed E-state index contributed by atoms with van der Waals surface area (Å²) < 4.78 is 2.85. The molecule has 452 valence electrons. The number of fused-ring (bicyclic) bond motifs is 6. The molecule has 0 N–H and O–H groups in total. The second-order valence-corrected chi connectivity index (χ2v) is 30.2. The maximum Gasteiger partial charge on any atom is -1.00 e. The first-order valence-electron chi connectivity index (χ1n) is 30.8. The van der Waals surface area contributed by atoms with E-state index in [0.717, 1.165) is 25.7 Å². The van der Waals surface area contributed by atoms with Crippen LogP contribution >= 0.6 is 0 Å². The predicted molar refractivity (Wildman–Crippen MR) is 365 cm³/mol. The number of halogens is 2. The quantitative estimate of drug-likeness (QED) is 0.154. The van der Waals surface area contributed by atoms with Crippen molar-refractivity contribution < 1.29 is 73.3 Å². The minimum absolute atomic E-state index is 0. The van der Waals surface area contributed by atoms with Crippen LogP contribution in [0.5, 0.6) is 0 Å². The van der Waals surface area contributed by atoms with Crippen molar-refractivity contribution in [2.24, 2.45) is 0 Å². The Balaban J connectivity index is 0.000000200. The van der Waals surface area contributed by atoms with E-state index in [9.17, 15) is 0 Å². The van der Waals surface area contributed by atoms with E-state index < -0.39 is 0 Å². The molecular formula is C84H92Cl2Zr2-2. The standard InChI is InChI=1S/2C21H25.2C15H14.2C6H7.2ClH.2Zr/c2*1-20(2,3)16-7-9-18-14(12-16)11-15-13-17(21(4,5)6)8-10-19(15)18;2*1-12-3-7-14(8-4-12)11-15-9-5-13(2)6-10-15;2*1-6-4-2-3-5-6;;;;/h2*7-10,12H,11H2,1-6H3;2*3-10H,1-2H3;2*2,4H,3H2,1H3;2*1H;;/q2*-1;;;2*-1;;;2*+2/p-2. The van der Waals surface area contributed by atoms with Gasteiger partial charge in [0.15, 0.2) is 0 Å². The van der Waals surface area contributed by atoms with Crippen LogP contribution in [0.2, 0.25) is 0 Å². The van der Waals surface area contributed by atoms with Gasteiger partial charge in [0.2, 0.25) is 0 Å². The van der Waals surface area contributed by atoms with Gasteiger partial charge in [0.05, 0.1) is 0 Å².